The van der Waals surface area contributed by atoms with Gasteiger partial charge in [0.25, 0.3) is 0 Å². The summed E-state index contributed by atoms with van der Waals surface area (Å²) in [7, 11) is 0. The zero-order chi connectivity index (χ0) is 15.8. The van der Waals surface area contributed by atoms with Crippen molar-refractivity contribution in [2.45, 2.75) is 44.9 Å². The minimum absolute atomic E-state index is 0.520. The highest BCUT2D eigenvalue weighted by Gasteiger charge is 2.27. The van der Waals surface area contributed by atoms with E-state index in [2.05, 4.69) is 74.5 Å². The monoisotopic (exact) mass is 300 g/mol. The van der Waals surface area contributed by atoms with E-state index in [4.69, 9.17) is 0 Å². The fourth-order valence-corrected chi connectivity index (χ4v) is 4.38. The SMILES string of the molecule is CCCC(C)c1ccccc1C1Cc2cccc3cccc1c23. The molecule has 0 amide bonds. The molecule has 4 rings (SSSR count). The van der Waals surface area contributed by atoms with Crippen LogP contribution >= 0.6 is 0 Å². The van der Waals surface area contributed by atoms with E-state index in [1.54, 1.807) is 5.56 Å². The Morgan fingerprint density at radius 1 is 0.913 bits per heavy atom. The van der Waals surface area contributed by atoms with Gasteiger partial charge in [-0.05, 0) is 51.8 Å². The summed E-state index contributed by atoms with van der Waals surface area (Å²) in [6.45, 7) is 4.66. The summed E-state index contributed by atoms with van der Waals surface area (Å²) in [6, 6.07) is 22.7. The molecule has 0 aliphatic heterocycles. The molecular formula is C23H24. The number of benzene rings is 3. The first kappa shape index (κ1) is 14.5. The van der Waals surface area contributed by atoms with Crippen LogP contribution in [0.15, 0.2) is 60.7 Å². The average Bonchev–Trinajstić information content (AvgIpc) is 2.96. The zero-order valence-corrected chi connectivity index (χ0v) is 14.0. The molecule has 23 heavy (non-hydrogen) atoms. The quantitative estimate of drug-likeness (QED) is 0.520. The maximum atomic E-state index is 2.38. The van der Waals surface area contributed by atoms with E-state index < -0.39 is 0 Å². The van der Waals surface area contributed by atoms with E-state index in [1.807, 2.05) is 0 Å². The lowest BCUT2D eigenvalue weighted by Gasteiger charge is -2.21. The van der Waals surface area contributed by atoms with Crippen LogP contribution in [0.25, 0.3) is 10.8 Å². The van der Waals surface area contributed by atoms with E-state index in [0.717, 1.165) is 6.42 Å². The van der Waals surface area contributed by atoms with Crippen molar-refractivity contribution in [3.05, 3.63) is 82.9 Å². The van der Waals surface area contributed by atoms with Crippen molar-refractivity contribution >= 4 is 10.8 Å². The van der Waals surface area contributed by atoms with Crippen molar-refractivity contribution in [2.24, 2.45) is 0 Å². The Morgan fingerprint density at radius 3 is 2.48 bits per heavy atom. The van der Waals surface area contributed by atoms with Crippen LogP contribution in [0.3, 0.4) is 0 Å². The molecule has 116 valence electrons. The van der Waals surface area contributed by atoms with Gasteiger partial charge < -0.3 is 0 Å². The molecule has 0 aromatic heterocycles. The smallest absolute Gasteiger partial charge is 0.0139 e. The maximum Gasteiger partial charge on any atom is 0.0139 e. The van der Waals surface area contributed by atoms with Gasteiger partial charge >= 0.3 is 0 Å². The lowest BCUT2D eigenvalue weighted by Crippen LogP contribution is -2.06. The lowest BCUT2D eigenvalue weighted by atomic mass is 9.83. The molecule has 1 aliphatic rings. The van der Waals surface area contributed by atoms with Gasteiger partial charge in [-0.25, -0.2) is 0 Å². The molecule has 0 bridgehead atoms. The van der Waals surface area contributed by atoms with Crippen LogP contribution in [0.4, 0.5) is 0 Å². The summed E-state index contributed by atoms with van der Waals surface area (Å²) in [5.74, 6) is 1.16. The Kier molecular flexibility index (Phi) is 3.69. The Bertz CT molecular complexity index is 838. The molecule has 1 aliphatic carbocycles. The topological polar surface area (TPSA) is 0 Å². The van der Waals surface area contributed by atoms with Crippen LogP contribution in [0, 0.1) is 0 Å². The predicted molar refractivity (Wildman–Crippen MR) is 99.3 cm³/mol. The maximum absolute atomic E-state index is 2.38. The normalized spacial score (nSPS) is 17.6. The van der Waals surface area contributed by atoms with Crippen LogP contribution in [0.5, 0.6) is 0 Å². The molecule has 2 unspecified atom stereocenters. The van der Waals surface area contributed by atoms with Crippen molar-refractivity contribution in [1.82, 2.24) is 0 Å². The second-order valence-corrected chi connectivity index (χ2v) is 6.94. The van der Waals surface area contributed by atoms with E-state index in [9.17, 15) is 0 Å². The molecule has 0 N–H and O–H groups in total. The zero-order valence-electron chi connectivity index (χ0n) is 14.0. The highest BCUT2D eigenvalue weighted by Crippen LogP contribution is 2.44. The number of rotatable bonds is 4. The Labute approximate surface area is 139 Å². The first-order chi connectivity index (χ1) is 11.3. The highest BCUT2D eigenvalue weighted by molar-refractivity contribution is 5.92. The summed E-state index contributed by atoms with van der Waals surface area (Å²) in [6.07, 6.45) is 3.66. The number of hydrogen-bond acceptors (Lipinski definition) is 0. The van der Waals surface area contributed by atoms with Gasteiger partial charge in [0.05, 0.1) is 0 Å². The van der Waals surface area contributed by atoms with Crippen LogP contribution in [-0.2, 0) is 6.42 Å². The van der Waals surface area contributed by atoms with Crippen molar-refractivity contribution in [3.8, 4) is 0 Å². The van der Waals surface area contributed by atoms with E-state index in [0.29, 0.717) is 11.8 Å². The summed E-state index contributed by atoms with van der Waals surface area (Å²) in [5, 5.41) is 2.89. The lowest BCUT2D eigenvalue weighted by molar-refractivity contribution is 0.651. The standard InChI is InChI=1S/C23H24/c1-3-8-16(2)19-12-4-5-13-20(19)22-15-18-11-6-9-17-10-7-14-21(22)23(17)18/h4-7,9-14,16,22H,3,8,15H2,1-2H3. The molecule has 0 saturated heterocycles. The third-order valence-corrected chi connectivity index (χ3v) is 5.45. The van der Waals surface area contributed by atoms with Crippen LogP contribution < -0.4 is 0 Å². The van der Waals surface area contributed by atoms with Crippen LogP contribution in [0.2, 0.25) is 0 Å². The molecule has 3 aromatic carbocycles. The Balaban J connectivity index is 1.84. The fourth-order valence-electron chi connectivity index (χ4n) is 4.38. The van der Waals surface area contributed by atoms with Crippen LogP contribution in [0.1, 0.15) is 60.8 Å². The van der Waals surface area contributed by atoms with Crippen molar-refractivity contribution in [1.29, 1.82) is 0 Å². The van der Waals surface area contributed by atoms with Crippen LogP contribution in [-0.4, -0.2) is 0 Å². The second kappa shape index (κ2) is 5.85. The van der Waals surface area contributed by atoms with Gasteiger partial charge in [-0.1, -0.05) is 80.9 Å². The Hall–Kier alpha value is -2.08. The summed E-state index contributed by atoms with van der Waals surface area (Å²) >= 11 is 0. The molecule has 0 radical (unpaired) electrons. The molecule has 0 nitrogen and oxygen atoms in total. The minimum Gasteiger partial charge on any atom is -0.0654 e. The molecule has 0 heteroatoms. The van der Waals surface area contributed by atoms with Crippen molar-refractivity contribution in [2.75, 3.05) is 0 Å². The molecule has 0 saturated carbocycles. The third-order valence-electron chi connectivity index (χ3n) is 5.45. The van der Waals surface area contributed by atoms with Crippen molar-refractivity contribution in [3.63, 3.8) is 0 Å². The first-order valence-corrected chi connectivity index (χ1v) is 8.89. The Morgan fingerprint density at radius 2 is 1.65 bits per heavy atom. The second-order valence-electron chi connectivity index (χ2n) is 6.94. The minimum atomic E-state index is 0.520. The summed E-state index contributed by atoms with van der Waals surface area (Å²) < 4.78 is 0. The van der Waals surface area contributed by atoms with Gasteiger partial charge in [-0.15, -0.1) is 0 Å². The van der Waals surface area contributed by atoms with Crippen molar-refractivity contribution < 1.29 is 0 Å². The molecular weight excluding hydrogens is 276 g/mol. The average molecular weight is 300 g/mol. The van der Waals surface area contributed by atoms with Gasteiger partial charge in [0, 0.05) is 5.92 Å². The largest absolute Gasteiger partial charge is 0.0654 e. The van der Waals surface area contributed by atoms with Gasteiger partial charge in [0.15, 0.2) is 0 Å². The molecule has 0 fully saturated rings. The fraction of sp³-hybridized carbons (Fsp3) is 0.304. The van der Waals surface area contributed by atoms with Gasteiger partial charge in [-0.3, -0.25) is 0 Å². The predicted octanol–water partition coefficient (Wildman–Crippen LogP) is 6.43. The molecule has 0 spiro atoms. The molecule has 3 aromatic rings. The summed E-state index contributed by atoms with van der Waals surface area (Å²) in [4.78, 5) is 0. The van der Waals surface area contributed by atoms with Gasteiger partial charge in [0.1, 0.15) is 0 Å². The van der Waals surface area contributed by atoms with E-state index in [-0.39, 0.29) is 0 Å². The molecule has 2 atom stereocenters. The van der Waals surface area contributed by atoms with E-state index in [1.165, 1.54) is 40.3 Å². The third kappa shape index (κ3) is 2.37. The summed E-state index contributed by atoms with van der Waals surface area (Å²) in [5.41, 5.74) is 6.12. The number of hydrogen-bond donors (Lipinski definition) is 0. The van der Waals surface area contributed by atoms with Gasteiger partial charge in [0.2, 0.25) is 0 Å². The first-order valence-electron chi connectivity index (χ1n) is 8.89. The van der Waals surface area contributed by atoms with Gasteiger partial charge in [-0.2, -0.15) is 0 Å². The highest BCUT2D eigenvalue weighted by atomic mass is 14.3. The van der Waals surface area contributed by atoms with E-state index >= 15 is 0 Å². The molecule has 0 heterocycles.